The van der Waals surface area contributed by atoms with Crippen LogP contribution in [0.15, 0.2) is 58.3 Å². The second-order valence-corrected chi connectivity index (χ2v) is 9.55. The minimum absolute atomic E-state index is 0.0534. The number of likely N-dealkylation sites (N-methyl/N-ethyl adjacent to an activating group) is 1. The third kappa shape index (κ3) is 4.94. The molecule has 3 rings (SSSR count). The highest BCUT2D eigenvalue weighted by Gasteiger charge is 2.26. The van der Waals surface area contributed by atoms with Crippen LogP contribution in [0.25, 0.3) is 0 Å². The van der Waals surface area contributed by atoms with E-state index in [1.54, 1.807) is 18.8 Å². The van der Waals surface area contributed by atoms with Crippen LogP contribution >= 0.6 is 11.8 Å². The number of hydrogen-bond donors (Lipinski definition) is 1. The Balaban J connectivity index is 1.66. The van der Waals surface area contributed by atoms with E-state index in [9.17, 15) is 13.2 Å². The number of carbonyl (C=O) groups excluding carboxylic acids is 1. The normalized spacial score (nSPS) is 17.0. The minimum Gasteiger partial charge on any atom is -0.377 e. The number of ether oxygens (including phenoxy) is 1. The summed E-state index contributed by atoms with van der Waals surface area (Å²) in [5.74, 6) is -0.284. The van der Waals surface area contributed by atoms with Gasteiger partial charge in [-0.2, -0.15) is 4.31 Å². The molecule has 0 radical (unpaired) electrons. The van der Waals surface area contributed by atoms with E-state index in [4.69, 9.17) is 4.74 Å². The van der Waals surface area contributed by atoms with Crippen molar-refractivity contribution >= 4 is 33.4 Å². The lowest BCUT2D eigenvalue weighted by Crippen LogP contribution is -2.34. The summed E-state index contributed by atoms with van der Waals surface area (Å²) in [6, 6.07) is 13.5. The molecular formula is C20H24N2O4S2. The molecule has 0 aromatic heterocycles. The van der Waals surface area contributed by atoms with Gasteiger partial charge in [0.1, 0.15) is 0 Å². The molecule has 8 heteroatoms. The van der Waals surface area contributed by atoms with Crippen molar-refractivity contribution in [3.63, 3.8) is 0 Å². The molecule has 1 saturated heterocycles. The molecule has 1 aliphatic heterocycles. The van der Waals surface area contributed by atoms with E-state index in [1.807, 2.05) is 30.5 Å². The molecule has 1 atom stereocenters. The first-order chi connectivity index (χ1) is 13.4. The van der Waals surface area contributed by atoms with E-state index in [1.165, 1.54) is 28.6 Å². The summed E-state index contributed by atoms with van der Waals surface area (Å²) in [7, 11) is -2.06. The molecule has 0 bridgehead atoms. The van der Waals surface area contributed by atoms with E-state index in [0.717, 1.165) is 17.7 Å². The van der Waals surface area contributed by atoms with Crippen LogP contribution in [0.1, 0.15) is 23.2 Å². The largest absolute Gasteiger partial charge is 0.377 e. The van der Waals surface area contributed by atoms with Crippen molar-refractivity contribution in [2.75, 3.05) is 31.8 Å². The Hall–Kier alpha value is -1.87. The highest BCUT2D eigenvalue weighted by atomic mass is 32.2. The van der Waals surface area contributed by atoms with Crippen molar-refractivity contribution in [2.24, 2.45) is 0 Å². The number of thioether (sulfide) groups is 1. The van der Waals surface area contributed by atoms with E-state index in [2.05, 4.69) is 5.32 Å². The number of nitrogens with zero attached hydrogens (tertiary/aromatic N) is 1. The predicted octanol–water partition coefficient (Wildman–Crippen LogP) is 3.46. The maximum absolute atomic E-state index is 12.7. The second-order valence-electron chi connectivity index (χ2n) is 6.63. The van der Waals surface area contributed by atoms with Gasteiger partial charge in [-0.1, -0.05) is 0 Å². The summed E-state index contributed by atoms with van der Waals surface area (Å²) in [6.45, 7) is 1.01. The maximum Gasteiger partial charge on any atom is 0.255 e. The molecule has 28 heavy (non-hydrogen) atoms. The molecule has 2 aromatic rings. The van der Waals surface area contributed by atoms with Gasteiger partial charge >= 0.3 is 0 Å². The van der Waals surface area contributed by atoms with Gasteiger partial charge in [0, 0.05) is 36.3 Å². The number of carbonyl (C=O) groups is 1. The third-order valence-corrected chi connectivity index (χ3v) is 7.24. The Kier molecular flexibility index (Phi) is 6.77. The Morgan fingerprint density at radius 1 is 1.18 bits per heavy atom. The molecule has 0 spiro atoms. The van der Waals surface area contributed by atoms with Crippen LogP contribution in [0.3, 0.4) is 0 Å². The average molecular weight is 421 g/mol. The van der Waals surface area contributed by atoms with Crippen LogP contribution in [0, 0.1) is 0 Å². The van der Waals surface area contributed by atoms with Crippen LogP contribution in [0.4, 0.5) is 5.69 Å². The molecule has 2 aromatic carbocycles. The fourth-order valence-corrected chi connectivity index (χ4v) is 4.62. The molecule has 6 nitrogen and oxygen atoms in total. The van der Waals surface area contributed by atoms with Gasteiger partial charge in [0.2, 0.25) is 10.0 Å². The lowest BCUT2D eigenvalue weighted by Gasteiger charge is -2.20. The van der Waals surface area contributed by atoms with Crippen molar-refractivity contribution in [2.45, 2.75) is 28.7 Å². The SMILES string of the molecule is CSc1ccc(NC(=O)c2ccc(S(=O)(=O)N(C)CC3CCCO3)cc2)cc1. The van der Waals surface area contributed by atoms with Gasteiger partial charge in [-0.3, -0.25) is 4.79 Å². The summed E-state index contributed by atoms with van der Waals surface area (Å²) in [4.78, 5) is 13.7. The topological polar surface area (TPSA) is 75.7 Å². The monoisotopic (exact) mass is 420 g/mol. The predicted molar refractivity (Wildman–Crippen MR) is 111 cm³/mol. The number of benzene rings is 2. The minimum atomic E-state index is -3.62. The van der Waals surface area contributed by atoms with Crippen molar-refractivity contribution in [1.29, 1.82) is 0 Å². The van der Waals surface area contributed by atoms with Crippen LogP contribution in [0.5, 0.6) is 0 Å². The number of rotatable bonds is 7. The average Bonchev–Trinajstić information content (AvgIpc) is 3.21. The molecule has 0 aliphatic carbocycles. The number of sulfonamides is 1. The smallest absolute Gasteiger partial charge is 0.255 e. The van der Waals surface area contributed by atoms with Gasteiger partial charge in [-0.15, -0.1) is 11.8 Å². The number of nitrogens with one attached hydrogen (secondary N) is 1. The Morgan fingerprint density at radius 2 is 1.86 bits per heavy atom. The molecule has 1 unspecified atom stereocenters. The maximum atomic E-state index is 12.7. The first-order valence-electron chi connectivity index (χ1n) is 9.03. The van der Waals surface area contributed by atoms with Crippen LogP contribution < -0.4 is 5.32 Å². The molecule has 1 heterocycles. The lowest BCUT2D eigenvalue weighted by molar-refractivity contribution is 0.0979. The van der Waals surface area contributed by atoms with Gasteiger partial charge in [0.25, 0.3) is 5.91 Å². The molecule has 1 fully saturated rings. The van der Waals surface area contributed by atoms with E-state index in [0.29, 0.717) is 24.4 Å². The number of anilines is 1. The van der Waals surface area contributed by atoms with Gasteiger partial charge < -0.3 is 10.1 Å². The first-order valence-corrected chi connectivity index (χ1v) is 11.7. The Labute approximate surface area is 170 Å². The molecule has 150 valence electrons. The van der Waals surface area contributed by atoms with Crippen LogP contribution in [0.2, 0.25) is 0 Å². The van der Waals surface area contributed by atoms with Gasteiger partial charge in [-0.25, -0.2) is 8.42 Å². The summed E-state index contributed by atoms with van der Waals surface area (Å²) in [6.07, 6.45) is 3.77. The number of hydrogen-bond acceptors (Lipinski definition) is 5. The Bertz CT molecular complexity index is 906. The molecule has 1 aliphatic rings. The zero-order valence-corrected chi connectivity index (χ0v) is 17.6. The van der Waals surface area contributed by atoms with E-state index >= 15 is 0 Å². The standard InChI is InChI=1S/C20H24N2O4S2/c1-22(14-17-4-3-13-26-17)28(24,25)19-11-5-15(6-12-19)20(23)21-16-7-9-18(27-2)10-8-16/h5-12,17H,3-4,13-14H2,1-2H3,(H,21,23). The van der Waals surface area contributed by atoms with E-state index in [-0.39, 0.29) is 16.9 Å². The zero-order valence-electron chi connectivity index (χ0n) is 15.9. The molecule has 0 saturated carbocycles. The fraction of sp³-hybridized carbons (Fsp3) is 0.350. The highest BCUT2D eigenvalue weighted by molar-refractivity contribution is 7.98. The number of amides is 1. The molecule has 1 N–H and O–H groups in total. The molecule has 1 amide bonds. The quantitative estimate of drug-likeness (QED) is 0.694. The van der Waals surface area contributed by atoms with Crippen LogP contribution in [-0.2, 0) is 14.8 Å². The lowest BCUT2D eigenvalue weighted by atomic mass is 10.2. The zero-order chi connectivity index (χ0) is 20.1. The van der Waals surface area contributed by atoms with Gasteiger partial charge in [-0.05, 0) is 67.6 Å². The van der Waals surface area contributed by atoms with Crippen LogP contribution in [-0.4, -0.2) is 51.2 Å². The molecular weight excluding hydrogens is 396 g/mol. The summed E-state index contributed by atoms with van der Waals surface area (Å²) >= 11 is 1.63. The van der Waals surface area contributed by atoms with E-state index < -0.39 is 10.0 Å². The fourth-order valence-electron chi connectivity index (χ4n) is 3.01. The van der Waals surface area contributed by atoms with Gasteiger partial charge in [0.15, 0.2) is 0 Å². The van der Waals surface area contributed by atoms with Crippen molar-refractivity contribution < 1.29 is 17.9 Å². The van der Waals surface area contributed by atoms with Gasteiger partial charge in [0.05, 0.1) is 11.0 Å². The van der Waals surface area contributed by atoms with Crippen molar-refractivity contribution in [3.05, 3.63) is 54.1 Å². The summed E-state index contributed by atoms with van der Waals surface area (Å²) < 4.78 is 32.3. The third-order valence-electron chi connectivity index (χ3n) is 4.66. The highest BCUT2D eigenvalue weighted by Crippen LogP contribution is 2.21. The second kappa shape index (κ2) is 9.09. The first kappa shape index (κ1) is 20.9. The van der Waals surface area contributed by atoms with Crippen molar-refractivity contribution in [1.82, 2.24) is 4.31 Å². The van der Waals surface area contributed by atoms with Crippen molar-refractivity contribution in [3.8, 4) is 0 Å². The summed E-state index contributed by atoms with van der Waals surface area (Å²) in [5, 5.41) is 2.81. The Morgan fingerprint density at radius 3 is 2.43 bits per heavy atom. The summed E-state index contributed by atoms with van der Waals surface area (Å²) in [5.41, 5.74) is 1.09.